The molecule has 0 amide bonds. The van der Waals surface area contributed by atoms with Gasteiger partial charge in [0.1, 0.15) is 5.75 Å². The van der Waals surface area contributed by atoms with Crippen molar-refractivity contribution in [3.05, 3.63) is 55.9 Å². The number of hydrogen-bond donors (Lipinski definition) is 1. The smallest absolute Gasteiger partial charge is 0.337 e. The maximum Gasteiger partial charge on any atom is 0.337 e. The highest BCUT2D eigenvalue weighted by atomic mass is 79.9. The molecule has 0 aliphatic carbocycles. The van der Waals surface area contributed by atoms with Crippen LogP contribution < -0.4 is 10.3 Å². The maximum absolute atomic E-state index is 12.2. The number of rotatable bonds is 3. The van der Waals surface area contributed by atoms with Crippen LogP contribution in [0.25, 0.3) is 5.69 Å². The van der Waals surface area contributed by atoms with Gasteiger partial charge in [-0.1, -0.05) is 0 Å². The van der Waals surface area contributed by atoms with Crippen LogP contribution in [-0.4, -0.2) is 22.8 Å². The van der Waals surface area contributed by atoms with Gasteiger partial charge in [0.2, 0.25) is 0 Å². The Morgan fingerprint density at radius 1 is 1.29 bits per heavy atom. The highest BCUT2D eigenvalue weighted by Crippen LogP contribution is 2.27. The summed E-state index contributed by atoms with van der Waals surface area (Å²) in [6, 6.07) is 6.48. The van der Waals surface area contributed by atoms with Gasteiger partial charge in [0.05, 0.1) is 22.8 Å². The summed E-state index contributed by atoms with van der Waals surface area (Å²) in [6.45, 7) is 3.23. The molecule has 0 radical (unpaired) electrons. The van der Waals surface area contributed by atoms with Crippen LogP contribution in [0.2, 0.25) is 0 Å². The molecule has 0 aliphatic rings. The summed E-state index contributed by atoms with van der Waals surface area (Å²) in [4.78, 5) is 23.6. The summed E-state index contributed by atoms with van der Waals surface area (Å²) < 4.78 is 7.33. The number of carbonyl (C=O) groups is 1. The predicted octanol–water partition coefficient (Wildman–Crippen LogP) is 2.92. The number of nitrogens with zero attached hydrogens (tertiary/aromatic N) is 1. The number of aryl methyl sites for hydroxylation is 1. The third-order valence-electron chi connectivity index (χ3n) is 3.26. The molecule has 0 bridgehead atoms. The van der Waals surface area contributed by atoms with Gasteiger partial charge in [-0.05, 0) is 47.5 Å². The molecule has 2 rings (SSSR count). The zero-order valence-corrected chi connectivity index (χ0v) is 13.4. The molecule has 1 heterocycles. The van der Waals surface area contributed by atoms with Crippen LogP contribution in [0.15, 0.2) is 33.5 Å². The van der Waals surface area contributed by atoms with Gasteiger partial charge in [-0.15, -0.1) is 0 Å². The van der Waals surface area contributed by atoms with E-state index in [1.165, 1.54) is 17.7 Å². The van der Waals surface area contributed by atoms with Gasteiger partial charge in [-0.3, -0.25) is 9.36 Å². The van der Waals surface area contributed by atoms with Gasteiger partial charge < -0.3 is 9.84 Å². The van der Waals surface area contributed by atoms with Gasteiger partial charge in [-0.25, -0.2) is 4.79 Å². The molecular formula is C15H14BrNO4. The van der Waals surface area contributed by atoms with Gasteiger partial charge in [-0.2, -0.15) is 0 Å². The number of carboxylic acids is 1. The molecule has 0 fully saturated rings. The fourth-order valence-corrected chi connectivity index (χ4v) is 2.72. The lowest BCUT2D eigenvalue weighted by molar-refractivity contribution is 0.0694. The van der Waals surface area contributed by atoms with E-state index in [2.05, 4.69) is 15.9 Å². The minimum absolute atomic E-state index is 0.136. The fraction of sp³-hybridized carbons (Fsp3) is 0.200. The Kier molecular flexibility index (Phi) is 4.18. The molecule has 110 valence electrons. The third kappa shape index (κ3) is 2.71. The SMILES string of the molecule is COc1cc(-n2c(C)c(C(=O)O)c(C)cc2=O)ccc1Br. The Morgan fingerprint density at radius 3 is 2.52 bits per heavy atom. The molecule has 1 aromatic heterocycles. The van der Waals surface area contributed by atoms with Crippen LogP contribution in [0.5, 0.6) is 5.75 Å². The molecule has 0 saturated heterocycles. The van der Waals surface area contributed by atoms with E-state index >= 15 is 0 Å². The number of methoxy groups -OCH3 is 1. The van der Waals surface area contributed by atoms with E-state index in [1.807, 2.05) is 0 Å². The van der Waals surface area contributed by atoms with Gasteiger partial charge in [0, 0.05) is 17.8 Å². The molecule has 6 heteroatoms. The van der Waals surface area contributed by atoms with Crippen LogP contribution in [0.1, 0.15) is 21.6 Å². The Labute approximate surface area is 129 Å². The zero-order chi connectivity index (χ0) is 15.7. The van der Waals surface area contributed by atoms with Crippen molar-refractivity contribution in [2.45, 2.75) is 13.8 Å². The van der Waals surface area contributed by atoms with E-state index in [4.69, 9.17) is 4.74 Å². The second kappa shape index (κ2) is 5.73. The summed E-state index contributed by atoms with van der Waals surface area (Å²) in [5.74, 6) is -0.487. The first kappa shape index (κ1) is 15.3. The van der Waals surface area contributed by atoms with Crippen LogP contribution in [0, 0.1) is 13.8 Å². The van der Waals surface area contributed by atoms with E-state index in [0.29, 0.717) is 22.7 Å². The second-order valence-corrected chi connectivity index (χ2v) is 5.44. The maximum atomic E-state index is 12.2. The zero-order valence-electron chi connectivity index (χ0n) is 11.8. The van der Waals surface area contributed by atoms with Crippen molar-refractivity contribution < 1.29 is 14.6 Å². The van der Waals surface area contributed by atoms with Crippen molar-refractivity contribution in [3.63, 3.8) is 0 Å². The number of ether oxygens (including phenoxy) is 1. The first-order valence-electron chi connectivity index (χ1n) is 6.17. The van der Waals surface area contributed by atoms with Gasteiger partial charge in [0.15, 0.2) is 0 Å². The van der Waals surface area contributed by atoms with E-state index in [9.17, 15) is 14.7 Å². The molecule has 0 aliphatic heterocycles. The molecule has 0 saturated carbocycles. The van der Waals surface area contributed by atoms with E-state index in [-0.39, 0.29) is 11.1 Å². The first-order valence-corrected chi connectivity index (χ1v) is 6.96. The minimum atomic E-state index is -1.05. The molecule has 2 aromatic rings. The van der Waals surface area contributed by atoms with Crippen LogP contribution in [0.4, 0.5) is 0 Å². The molecule has 0 spiro atoms. The number of aromatic carboxylic acids is 1. The van der Waals surface area contributed by atoms with Crippen LogP contribution >= 0.6 is 15.9 Å². The Bertz CT molecular complexity index is 780. The first-order chi connectivity index (χ1) is 9.86. The number of pyridine rings is 1. The van der Waals surface area contributed by atoms with Crippen molar-refractivity contribution in [1.29, 1.82) is 0 Å². The summed E-state index contributed by atoms with van der Waals surface area (Å²) in [5.41, 5.74) is 1.25. The largest absolute Gasteiger partial charge is 0.495 e. The van der Waals surface area contributed by atoms with Gasteiger partial charge in [0.25, 0.3) is 5.56 Å². The van der Waals surface area contributed by atoms with Crippen molar-refractivity contribution in [3.8, 4) is 11.4 Å². The Balaban J connectivity index is 2.78. The molecule has 0 unspecified atom stereocenters. The number of aromatic nitrogens is 1. The molecule has 5 nitrogen and oxygen atoms in total. The van der Waals surface area contributed by atoms with Crippen molar-refractivity contribution in [1.82, 2.24) is 4.57 Å². The lowest BCUT2D eigenvalue weighted by Crippen LogP contribution is -2.24. The molecule has 0 atom stereocenters. The Morgan fingerprint density at radius 2 is 1.95 bits per heavy atom. The van der Waals surface area contributed by atoms with E-state index in [0.717, 1.165) is 4.47 Å². The Hall–Kier alpha value is -2.08. The number of hydrogen-bond acceptors (Lipinski definition) is 3. The van der Waals surface area contributed by atoms with Crippen LogP contribution in [0.3, 0.4) is 0 Å². The summed E-state index contributed by atoms with van der Waals surface area (Å²) in [7, 11) is 1.53. The average molecular weight is 352 g/mol. The highest BCUT2D eigenvalue weighted by Gasteiger charge is 2.17. The van der Waals surface area contributed by atoms with Crippen molar-refractivity contribution >= 4 is 21.9 Å². The third-order valence-corrected chi connectivity index (χ3v) is 3.91. The average Bonchev–Trinajstić information content (AvgIpc) is 2.39. The topological polar surface area (TPSA) is 68.5 Å². The number of benzene rings is 1. The number of carboxylic acid groups (broad SMARTS) is 1. The lowest BCUT2D eigenvalue weighted by Gasteiger charge is -2.15. The quantitative estimate of drug-likeness (QED) is 0.922. The lowest BCUT2D eigenvalue weighted by atomic mass is 10.1. The summed E-state index contributed by atoms with van der Waals surface area (Å²) in [6.07, 6.45) is 0. The molecule has 1 N–H and O–H groups in total. The van der Waals surface area contributed by atoms with Crippen molar-refractivity contribution in [2.24, 2.45) is 0 Å². The van der Waals surface area contributed by atoms with Crippen LogP contribution in [-0.2, 0) is 0 Å². The monoisotopic (exact) mass is 351 g/mol. The number of halogens is 1. The summed E-state index contributed by atoms with van der Waals surface area (Å²) in [5, 5.41) is 9.31. The normalized spacial score (nSPS) is 10.5. The van der Waals surface area contributed by atoms with E-state index in [1.54, 1.807) is 32.0 Å². The molecule has 21 heavy (non-hydrogen) atoms. The molecular weight excluding hydrogens is 338 g/mol. The highest BCUT2D eigenvalue weighted by molar-refractivity contribution is 9.10. The van der Waals surface area contributed by atoms with Crippen molar-refractivity contribution in [2.75, 3.05) is 7.11 Å². The van der Waals surface area contributed by atoms with E-state index < -0.39 is 5.97 Å². The summed E-state index contributed by atoms with van der Waals surface area (Å²) >= 11 is 3.34. The fourth-order valence-electron chi connectivity index (χ4n) is 2.32. The predicted molar refractivity (Wildman–Crippen MR) is 82.7 cm³/mol. The standard InChI is InChI=1S/C15H14BrNO4/c1-8-6-13(18)17(9(2)14(8)15(19)20)10-4-5-11(16)12(7-10)21-3/h4-7H,1-3H3,(H,19,20). The minimum Gasteiger partial charge on any atom is -0.495 e. The second-order valence-electron chi connectivity index (χ2n) is 4.59. The molecule has 1 aromatic carbocycles. The van der Waals surface area contributed by atoms with Gasteiger partial charge >= 0.3 is 5.97 Å².